The van der Waals surface area contributed by atoms with E-state index in [1.165, 1.54) is 17.7 Å². The zero-order valence-electron chi connectivity index (χ0n) is 26.4. The van der Waals surface area contributed by atoms with Gasteiger partial charge in [-0.2, -0.15) is 0 Å². The van der Waals surface area contributed by atoms with E-state index in [0.29, 0.717) is 23.9 Å². The van der Waals surface area contributed by atoms with Crippen LogP contribution in [0.3, 0.4) is 0 Å². The molecule has 2 fully saturated rings. The van der Waals surface area contributed by atoms with Crippen LogP contribution < -0.4 is 0 Å². The second kappa shape index (κ2) is 14.7. The maximum Gasteiger partial charge on any atom is 0.410 e. The molecule has 1 saturated heterocycles. The molecule has 0 spiro atoms. The van der Waals surface area contributed by atoms with Crippen LogP contribution in [0.5, 0.6) is 0 Å². The minimum absolute atomic E-state index is 0.00149. The van der Waals surface area contributed by atoms with E-state index in [1.54, 1.807) is 28.0 Å². The van der Waals surface area contributed by atoms with Gasteiger partial charge in [-0.1, -0.05) is 36.4 Å². The summed E-state index contributed by atoms with van der Waals surface area (Å²) in [5, 5.41) is 10.9. The predicted octanol–water partition coefficient (Wildman–Crippen LogP) is 6.61. The lowest BCUT2D eigenvalue weighted by molar-refractivity contribution is -0.384. The molecule has 2 amide bonds. The Bertz CT molecular complexity index is 1270. The highest BCUT2D eigenvalue weighted by atomic mass is 16.6. The molecule has 0 N–H and O–H groups in total. The van der Waals surface area contributed by atoms with Gasteiger partial charge in [-0.3, -0.25) is 10.1 Å². The summed E-state index contributed by atoms with van der Waals surface area (Å²) in [6, 6.07) is 16.7. The Morgan fingerprint density at radius 3 is 2.27 bits per heavy atom. The molecule has 2 aromatic rings. The van der Waals surface area contributed by atoms with E-state index in [2.05, 4.69) is 35.7 Å². The van der Waals surface area contributed by atoms with Gasteiger partial charge in [0.25, 0.3) is 5.69 Å². The Labute approximate surface area is 260 Å². The Morgan fingerprint density at radius 2 is 1.68 bits per heavy atom. The molecule has 0 unspecified atom stereocenters. The first kappa shape index (κ1) is 33.0. The SMILES string of the molecule is C=CCN(C(=O)OCc1ccc([N+](=O)[O-])cc1)C1CCN(C[C@@H]2C[C@H](N(C)C(=O)OC(C)(C)C)C[C@H]2c2ccccc2)CC1. The first-order chi connectivity index (χ1) is 20.9. The molecule has 0 aromatic heterocycles. The van der Waals surface area contributed by atoms with Crippen molar-refractivity contribution < 1.29 is 24.0 Å². The summed E-state index contributed by atoms with van der Waals surface area (Å²) in [6.07, 6.45) is 4.48. The molecule has 238 valence electrons. The molecule has 1 saturated carbocycles. The molecule has 4 rings (SSSR count). The number of non-ortho nitro benzene ring substituents is 1. The zero-order valence-corrected chi connectivity index (χ0v) is 26.4. The fourth-order valence-corrected chi connectivity index (χ4v) is 6.40. The van der Waals surface area contributed by atoms with Crippen molar-refractivity contribution >= 4 is 17.9 Å². The van der Waals surface area contributed by atoms with Crippen molar-refractivity contribution in [2.75, 3.05) is 33.2 Å². The van der Waals surface area contributed by atoms with Crippen LogP contribution in [0.25, 0.3) is 0 Å². The number of hydrogen-bond donors (Lipinski definition) is 0. The van der Waals surface area contributed by atoms with E-state index in [-0.39, 0.29) is 30.5 Å². The van der Waals surface area contributed by atoms with Gasteiger partial charge in [-0.15, -0.1) is 6.58 Å². The Hall–Kier alpha value is -3.92. The fraction of sp³-hybridized carbons (Fsp3) is 0.529. The normalized spacial score (nSPS) is 21.0. The van der Waals surface area contributed by atoms with E-state index in [0.717, 1.165) is 45.3 Å². The molecular formula is C34H46N4O6. The number of hydrogen-bond acceptors (Lipinski definition) is 7. The number of amides is 2. The van der Waals surface area contributed by atoms with Crippen molar-refractivity contribution in [3.8, 4) is 0 Å². The van der Waals surface area contributed by atoms with Gasteiger partial charge in [0.15, 0.2) is 0 Å². The van der Waals surface area contributed by atoms with Gasteiger partial charge in [0.1, 0.15) is 12.2 Å². The average molecular weight is 607 g/mol. The van der Waals surface area contributed by atoms with Crippen LogP contribution in [-0.2, 0) is 16.1 Å². The largest absolute Gasteiger partial charge is 0.445 e. The lowest BCUT2D eigenvalue weighted by atomic mass is 9.88. The lowest BCUT2D eigenvalue weighted by Crippen LogP contribution is -2.48. The van der Waals surface area contributed by atoms with Gasteiger partial charge >= 0.3 is 12.2 Å². The summed E-state index contributed by atoms with van der Waals surface area (Å²) >= 11 is 0. The second-order valence-electron chi connectivity index (χ2n) is 12.9. The third kappa shape index (κ3) is 8.81. The van der Waals surface area contributed by atoms with Crippen LogP contribution in [0.2, 0.25) is 0 Å². The molecule has 0 bridgehead atoms. The maximum atomic E-state index is 13.1. The van der Waals surface area contributed by atoms with Crippen molar-refractivity contribution in [3.05, 3.63) is 88.5 Å². The van der Waals surface area contributed by atoms with Crippen molar-refractivity contribution in [1.29, 1.82) is 0 Å². The van der Waals surface area contributed by atoms with Crippen molar-refractivity contribution in [3.63, 3.8) is 0 Å². The third-order valence-corrected chi connectivity index (χ3v) is 8.69. The molecular weight excluding hydrogens is 560 g/mol. The highest BCUT2D eigenvalue weighted by Crippen LogP contribution is 2.42. The standard InChI is InChI=1S/C34H46N4O6/c1-6-18-37(33(40)43-24-25-12-14-29(15-13-25)38(41)42)28-16-19-36(20-17-28)23-27-21-30(35(5)32(39)44-34(2,3)4)22-31(27)26-10-8-7-9-11-26/h6-15,27-28,30-31H,1,16-24H2,2-5H3/t27-,30-,31-/m0/s1. The summed E-state index contributed by atoms with van der Waals surface area (Å²) < 4.78 is 11.3. The monoisotopic (exact) mass is 606 g/mol. The van der Waals surface area contributed by atoms with Crippen LogP contribution in [0, 0.1) is 16.0 Å². The quantitative estimate of drug-likeness (QED) is 0.170. The number of nitro benzene ring substituents is 1. The zero-order chi connectivity index (χ0) is 31.9. The first-order valence-electron chi connectivity index (χ1n) is 15.5. The smallest absolute Gasteiger partial charge is 0.410 e. The molecule has 10 heteroatoms. The van der Waals surface area contributed by atoms with Gasteiger partial charge in [0.2, 0.25) is 0 Å². The third-order valence-electron chi connectivity index (χ3n) is 8.69. The Kier molecular flexibility index (Phi) is 11.0. The molecule has 1 heterocycles. The summed E-state index contributed by atoms with van der Waals surface area (Å²) in [6.45, 7) is 12.6. The van der Waals surface area contributed by atoms with Crippen molar-refractivity contribution in [2.24, 2.45) is 5.92 Å². The van der Waals surface area contributed by atoms with Gasteiger partial charge in [0, 0.05) is 57.4 Å². The Morgan fingerprint density at radius 1 is 1.02 bits per heavy atom. The number of carbonyl (C=O) groups excluding carboxylic acids is 2. The second-order valence-corrected chi connectivity index (χ2v) is 12.9. The number of benzene rings is 2. The molecule has 0 radical (unpaired) electrons. The fourth-order valence-electron chi connectivity index (χ4n) is 6.40. The minimum atomic E-state index is -0.539. The first-order valence-corrected chi connectivity index (χ1v) is 15.5. The van der Waals surface area contributed by atoms with E-state index in [1.807, 2.05) is 33.9 Å². The maximum absolute atomic E-state index is 13.1. The number of carbonyl (C=O) groups is 2. The van der Waals surface area contributed by atoms with Gasteiger partial charge < -0.3 is 24.2 Å². The number of piperidine rings is 1. The van der Waals surface area contributed by atoms with E-state index in [9.17, 15) is 19.7 Å². The highest BCUT2D eigenvalue weighted by Gasteiger charge is 2.40. The molecule has 2 aliphatic rings. The lowest BCUT2D eigenvalue weighted by Gasteiger charge is -2.39. The molecule has 1 aliphatic carbocycles. The van der Waals surface area contributed by atoms with Crippen molar-refractivity contribution in [2.45, 2.75) is 76.7 Å². The molecule has 10 nitrogen and oxygen atoms in total. The van der Waals surface area contributed by atoms with Crippen LogP contribution in [0.15, 0.2) is 67.3 Å². The summed E-state index contributed by atoms with van der Waals surface area (Å²) in [7, 11) is 1.85. The summed E-state index contributed by atoms with van der Waals surface area (Å²) in [5.74, 6) is 0.732. The Balaban J connectivity index is 1.34. The molecule has 3 atom stereocenters. The molecule has 2 aromatic carbocycles. The van der Waals surface area contributed by atoms with E-state index in [4.69, 9.17) is 9.47 Å². The van der Waals surface area contributed by atoms with Crippen LogP contribution in [0.4, 0.5) is 15.3 Å². The highest BCUT2D eigenvalue weighted by molar-refractivity contribution is 5.68. The van der Waals surface area contributed by atoms with E-state index < -0.39 is 16.6 Å². The number of nitro groups is 1. The van der Waals surface area contributed by atoms with Gasteiger partial charge in [-0.05, 0) is 81.5 Å². The van der Waals surface area contributed by atoms with Crippen LogP contribution in [0.1, 0.15) is 63.5 Å². The molecule has 44 heavy (non-hydrogen) atoms. The van der Waals surface area contributed by atoms with E-state index >= 15 is 0 Å². The number of likely N-dealkylation sites (tertiary alicyclic amines) is 1. The number of ether oxygens (including phenoxy) is 2. The predicted molar refractivity (Wildman–Crippen MR) is 169 cm³/mol. The summed E-state index contributed by atoms with van der Waals surface area (Å²) in [5.41, 5.74) is 1.46. The topological polar surface area (TPSA) is 105 Å². The average Bonchev–Trinajstić information content (AvgIpc) is 3.42. The van der Waals surface area contributed by atoms with Crippen LogP contribution in [-0.4, -0.2) is 82.7 Å². The van der Waals surface area contributed by atoms with Gasteiger partial charge in [-0.25, -0.2) is 9.59 Å². The van der Waals surface area contributed by atoms with Gasteiger partial charge in [0.05, 0.1) is 4.92 Å². The minimum Gasteiger partial charge on any atom is -0.445 e. The summed E-state index contributed by atoms with van der Waals surface area (Å²) in [4.78, 5) is 42.4. The van der Waals surface area contributed by atoms with Crippen molar-refractivity contribution in [1.82, 2.24) is 14.7 Å². The molecule has 1 aliphatic heterocycles. The number of nitrogens with zero attached hydrogens (tertiary/aromatic N) is 4. The number of rotatable bonds is 10. The van der Waals surface area contributed by atoms with Crippen LogP contribution >= 0.6 is 0 Å².